The normalized spacial score (nSPS) is 11.3. The number of nitrogens with zero attached hydrogens (tertiary/aromatic N) is 1. The van der Waals surface area contributed by atoms with Crippen LogP contribution in [0.3, 0.4) is 0 Å². The number of aromatic nitrogens is 1. The van der Waals surface area contributed by atoms with E-state index in [0.29, 0.717) is 0 Å². The minimum atomic E-state index is 1.00. The van der Waals surface area contributed by atoms with E-state index in [1.165, 1.54) is 43.4 Å². The van der Waals surface area contributed by atoms with Crippen LogP contribution in [0.4, 0.5) is 0 Å². The quantitative estimate of drug-likeness (QED) is 0.278. The lowest BCUT2D eigenvalue weighted by Gasteiger charge is -2.12. The molecule has 0 saturated heterocycles. The molecule has 0 aliphatic heterocycles. The maximum absolute atomic E-state index is 4.87. The van der Waals surface area contributed by atoms with Crippen LogP contribution in [-0.4, -0.2) is 4.98 Å². The first-order chi connectivity index (χ1) is 14.9. The van der Waals surface area contributed by atoms with Gasteiger partial charge in [-0.2, -0.15) is 0 Å². The molecule has 0 atom stereocenters. The monoisotopic (exact) mass is 381 g/mol. The molecule has 1 nitrogen and oxygen atoms in total. The maximum atomic E-state index is 4.87. The lowest BCUT2D eigenvalue weighted by Crippen LogP contribution is -1.88. The Morgan fingerprint density at radius 3 is 1.60 bits per heavy atom. The van der Waals surface area contributed by atoms with Gasteiger partial charge in [0, 0.05) is 17.1 Å². The molecular weight excluding hydrogens is 362 g/mol. The Morgan fingerprint density at radius 2 is 0.900 bits per heavy atom. The second kappa shape index (κ2) is 6.82. The van der Waals surface area contributed by atoms with Gasteiger partial charge in [0.1, 0.15) is 0 Å². The molecule has 6 aromatic rings. The van der Waals surface area contributed by atoms with Crippen LogP contribution in [0.5, 0.6) is 0 Å². The lowest BCUT2D eigenvalue weighted by atomic mass is 9.94. The second-order valence-corrected chi connectivity index (χ2v) is 7.65. The van der Waals surface area contributed by atoms with Crippen molar-refractivity contribution < 1.29 is 0 Å². The van der Waals surface area contributed by atoms with Gasteiger partial charge in [-0.25, -0.2) is 0 Å². The Bertz CT molecular complexity index is 1500. The van der Waals surface area contributed by atoms with Gasteiger partial charge in [-0.05, 0) is 50.2 Å². The molecule has 30 heavy (non-hydrogen) atoms. The molecule has 0 saturated carbocycles. The summed E-state index contributed by atoms with van der Waals surface area (Å²) in [5.41, 5.74) is 4.56. The summed E-state index contributed by atoms with van der Waals surface area (Å²) in [6.07, 6.45) is 2.04. The fraction of sp³-hybridized carbons (Fsp3) is 0. The molecule has 0 aliphatic rings. The van der Waals surface area contributed by atoms with Crippen molar-refractivity contribution in [2.75, 3.05) is 0 Å². The van der Waals surface area contributed by atoms with Crippen LogP contribution in [0, 0.1) is 0 Å². The maximum Gasteiger partial charge on any atom is 0.0708 e. The molecule has 1 heterocycles. The number of hydrogen-bond acceptors (Lipinski definition) is 1. The van der Waals surface area contributed by atoms with Crippen LogP contribution >= 0.6 is 0 Å². The van der Waals surface area contributed by atoms with Crippen LogP contribution in [0.25, 0.3) is 54.7 Å². The third kappa shape index (κ3) is 2.67. The number of pyridine rings is 1. The SMILES string of the molecule is c1ccc(-c2cccc(-c3cc4c5ccccc5c5ccccc5c4cn3)c2)cc1. The smallest absolute Gasteiger partial charge is 0.0708 e. The third-order valence-electron chi connectivity index (χ3n) is 5.89. The van der Waals surface area contributed by atoms with Gasteiger partial charge in [0.15, 0.2) is 0 Å². The standard InChI is InChI=1S/C29H19N/c1-2-9-20(10-3-1)21-11-8-12-22(17-21)29-18-27-25-15-6-4-13-23(25)24-14-5-7-16-26(24)28(27)19-30-29/h1-19H. The van der Waals surface area contributed by atoms with Gasteiger partial charge >= 0.3 is 0 Å². The van der Waals surface area contributed by atoms with Crippen LogP contribution in [0.15, 0.2) is 115 Å². The molecule has 0 amide bonds. The Labute approximate surface area is 175 Å². The van der Waals surface area contributed by atoms with E-state index in [1.54, 1.807) is 0 Å². The van der Waals surface area contributed by atoms with Gasteiger partial charge < -0.3 is 0 Å². The van der Waals surface area contributed by atoms with Crippen molar-refractivity contribution >= 4 is 32.3 Å². The predicted molar refractivity (Wildman–Crippen MR) is 128 cm³/mol. The van der Waals surface area contributed by atoms with Crippen molar-refractivity contribution in [1.29, 1.82) is 0 Å². The molecular formula is C29H19N. The minimum Gasteiger partial charge on any atom is -0.256 e. The van der Waals surface area contributed by atoms with E-state index in [1.807, 2.05) is 12.3 Å². The van der Waals surface area contributed by atoms with Crippen molar-refractivity contribution in [3.63, 3.8) is 0 Å². The number of fused-ring (bicyclic) bond motifs is 6. The molecule has 140 valence electrons. The lowest BCUT2D eigenvalue weighted by molar-refractivity contribution is 1.36. The molecule has 0 unspecified atom stereocenters. The molecule has 5 aromatic carbocycles. The minimum absolute atomic E-state index is 1.00. The molecule has 0 N–H and O–H groups in total. The van der Waals surface area contributed by atoms with Crippen molar-refractivity contribution in [2.45, 2.75) is 0 Å². The van der Waals surface area contributed by atoms with Gasteiger partial charge in [-0.3, -0.25) is 4.98 Å². The van der Waals surface area contributed by atoms with Gasteiger partial charge in [0.2, 0.25) is 0 Å². The van der Waals surface area contributed by atoms with Crippen molar-refractivity contribution in [3.05, 3.63) is 115 Å². The molecule has 0 bridgehead atoms. The Hall–Kier alpha value is -3.97. The van der Waals surface area contributed by atoms with E-state index < -0.39 is 0 Å². The van der Waals surface area contributed by atoms with Gasteiger partial charge in [-0.15, -0.1) is 0 Å². The Balaban J connectivity index is 1.61. The molecule has 1 aromatic heterocycles. The van der Waals surface area contributed by atoms with E-state index in [2.05, 4.69) is 103 Å². The molecule has 0 fully saturated rings. The second-order valence-electron chi connectivity index (χ2n) is 7.65. The molecule has 6 rings (SSSR count). The van der Waals surface area contributed by atoms with Gasteiger partial charge in [0.05, 0.1) is 5.69 Å². The first-order valence-electron chi connectivity index (χ1n) is 10.2. The summed E-state index contributed by atoms with van der Waals surface area (Å²) < 4.78 is 0. The summed E-state index contributed by atoms with van der Waals surface area (Å²) in [5, 5.41) is 7.54. The molecule has 1 heteroatoms. The summed E-state index contributed by atoms with van der Waals surface area (Å²) >= 11 is 0. The largest absolute Gasteiger partial charge is 0.256 e. The number of benzene rings is 5. The first-order valence-corrected chi connectivity index (χ1v) is 10.2. The van der Waals surface area contributed by atoms with E-state index in [0.717, 1.165) is 11.3 Å². The average Bonchev–Trinajstić information content (AvgIpc) is 2.84. The van der Waals surface area contributed by atoms with Crippen LogP contribution in [-0.2, 0) is 0 Å². The Morgan fingerprint density at radius 1 is 0.367 bits per heavy atom. The summed E-state index contributed by atoms with van der Waals surface area (Å²) in [6.45, 7) is 0. The molecule has 0 aliphatic carbocycles. The zero-order valence-corrected chi connectivity index (χ0v) is 16.4. The number of rotatable bonds is 2. The van der Waals surface area contributed by atoms with Gasteiger partial charge in [-0.1, -0.05) is 97.1 Å². The summed E-state index contributed by atoms with van der Waals surface area (Å²) in [5.74, 6) is 0. The fourth-order valence-corrected chi connectivity index (χ4v) is 4.45. The zero-order chi connectivity index (χ0) is 19.9. The first kappa shape index (κ1) is 16.9. The van der Waals surface area contributed by atoms with Crippen molar-refractivity contribution in [1.82, 2.24) is 4.98 Å². The highest BCUT2D eigenvalue weighted by atomic mass is 14.7. The van der Waals surface area contributed by atoms with Crippen LogP contribution in [0.1, 0.15) is 0 Å². The summed E-state index contributed by atoms with van der Waals surface area (Å²) in [4.78, 5) is 4.87. The summed E-state index contributed by atoms with van der Waals surface area (Å²) in [7, 11) is 0. The van der Waals surface area contributed by atoms with Crippen molar-refractivity contribution in [2.24, 2.45) is 0 Å². The Kier molecular flexibility index (Phi) is 3.85. The van der Waals surface area contributed by atoms with Crippen molar-refractivity contribution in [3.8, 4) is 22.4 Å². The fourth-order valence-electron chi connectivity index (χ4n) is 4.45. The van der Waals surface area contributed by atoms with E-state index in [4.69, 9.17) is 4.98 Å². The topological polar surface area (TPSA) is 12.9 Å². The molecule has 0 radical (unpaired) electrons. The average molecular weight is 381 g/mol. The highest BCUT2D eigenvalue weighted by Crippen LogP contribution is 2.36. The third-order valence-corrected chi connectivity index (χ3v) is 5.89. The predicted octanol–water partition coefficient (Wildman–Crippen LogP) is 7.88. The van der Waals surface area contributed by atoms with Crippen LogP contribution in [0.2, 0.25) is 0 Å². The van der Waals surface area contributed by atoms with Gasteiger partial charge in [0.25, 0.3) is 0 Å². The summed E-state index contributed by atoms with van der Waals surface area (Å²) in [6, 6.07) is 38.7. The van der Waals surface area contributed by atoms with E-state index >= 15 is 0 Å². The molecule has 0 spiro atoms. The van der Waals surface area contributed by atoms with E-state index in [-0.39, 0.29) is 0 Å². The van der Waals surface area contributed by atoms with E-state index in [9.17, 15) is 0 Å². The highest BCUT2D eigenvalue weighted by Gasteiger charge is 2.10. The highest BCUT2D eigenvalue weighted by molar-refractivity contribution is 6.25. The number of hydrogen-bond donors (Lipinski definition) is 0. The van der Waals surface area contributed by atoms with Crippen LogP contribution < -0.4 is 0 Å². The zero-order valence-electron chi connectivity index (χ0n) is 16.4.